The average Bonchev–Trinajstić information content (AvgIpc) is 3.66. The molecule has 38 heavy (non-hydrogen) atoms. The van der Waals surface area contributed by atoms with E-state index in [1.54, 1.807) is 39.0 Å². The Kier molecular flexibility index (Phi) is 7.70. The number of benzene rings is 2. The molecule has 0 aliphatic heterocycles. The van der Waals surface area contributed by atoms with Gasteiger partial charge in [0.1, 0.15) is 17.9 Å². The third kappa shape index (κ3) is 7.34. The molecule has 4 rings (SSSR count). The first-order valence-electron chi connectivity index (χ1n) is 11.9. The number of aryl methyl sites for hydroxylation is 1. The molecule has 1 fully saturated rings. The van der Waals surface area contributed by atoms with Crippen LogP contribution in [0.4, 0.5) is 40.8 Å². The van der Waals surface area contributed by atoms with Crippen LogP contribution in [-0.4, -0.2) is 27.9 Å². The molecule has 1 aromatic heterocycles. The van der Waals surface area contributed by atoms with E-state index in [0.717, 1.165) is 25.0 Å². The maximum absolute atomic E-state index is 13.3. The molecule has 3 amide bonds. The molecule has 3 aromatic rings. The number of aromatic nitrogens is 2. The Labute approximate surface area is 217 Å². The standard InChI is InChI=1S/C26H27F3N6O3/c1-14(2)32-18-9-17(26(27,28)29)10-19(11-18)33-25(37)34-21-7-6-20(8-15(21)3)38-23-12-22(30-13-31-23)35-24(36)16-4-5-16/h6-14,16,32H,4-5H2,1-3H3,(H2,33,34,37)(H,30,31,35,36). The molecule has 0 atom stereocenters. The molecule has 0 saturated heterocycles. The van der Waals surface area contributed by atoms with Crippen molar-refractivity contribution in [2.75, 3.05) is 21.3 Å². The van der Waals surface area contributed by atoms with Gasteiger partial charge < -0.3 is 26.0 Å². The Balaban J connectivity index is 1.41. The highest BCUT2D eigenvalue weighted by atomic mass is 19.4. The SMILES string of the molecule is Cc1cc(Oc2cc(NC(=O)C3CC3)ncn2)ccc1NC(=O)Nc1cc(NC(C)C)cc(C(F)(F)F)c1. The zero-order valence-corrected chi connectivity index (χ0v) is 20.9. The molecule has 0 radical (unpaired) electrons. The fourth-order valence-corrected chi connectivity index (χ4v) is 3.56. The Hall–Kier alpha value is -4.35. The number of anilines is 4. The smallest absolute Gasteiger partial charge is 0.416 e. The lowest BCUT2D eigenvalue weighted by Crippen LogP contribution is -2.21. The first-order chi connectivity index (χ1) is 18.0. The molecule has 0 spiro atoms. The maximum atomic E-state index is 13.3. The van der Waals surface area contributed by atoms with E-state index in [1.807, 2.05) is 0 Å². The molecule has 1 heterocycles. The van der Waals surface area contributed by atoms with Crippen molar-refractivity contribution in [3.63, 3.8) is 0 Å². The molecule has 200 valence electrons. The quantitative estimate of drug-likeness (QED) is 0.268. The minimum Gasteiger partial charge on any atom is -0.439 e. The van der Waals surface area contributed by atoms with Gasteiger partial charge in [-0.15, -0.1) is 0 Å². The number of amides is 3. The summed E-state index contributed by atoms with van der Waals surface area (Å²) in [5.41, 5.74) is 0.424. The van der Waals surface area contributed by atoms with Crippen LogP contribution >= 0.6 is 0 Å². The first kappa shape index (κ1) is 26.7. The number of halogens is 3. The van der Waals surface area contributed by atoms with Gasteiger partial charge in [0, 0.05) is 35.1 Å². The third-order valence-corrected chi connectivity index (χ3v) is 5.48. The van der Waals surface area contributed by atoms with Crippen LogP contribution in [0.15, 0.2) is 48.8 Å². The second kappa shape index (κ2) is 11.0. The predicted octanol–water partition coefficient (Wildman–Crippen LogP) is 6.41. The Bertz CT molecular complexity index is 1340. The highest BCUT2D eigenvalue weighted by molar-refractivity contribution is 6.00. The third-order valence-electron chi connectivity index (χ3n) is 5.48. The van der Waals surface area contributed by atoms with Crippen molar-refractivity contribution in [3.05, 3.63) is 59.9 Å². The van der Waals surface area contributed by atoms with Crippen LogP contribution < -0.4 is 26.0 Å². The van der Waals surface area contributed by atoms with Crippen LogP contribution in [0.5, 0.6) is 11.6 Å². The zero-order valence-electron chi connectivity index (χ0n) is 20.9. The van der Waals surface area contributed by atoms with Crippen LogP contribution in [0.1, 0.15) is 37.8 Å². The van der Waals surface area contributed by atoms with Gasteiger partial charge in [-0.3, -0.25) is 4.79 Å². The number of urea groups is 1. The first-order valence-corrected chi connectivity index (χ1v) is 11.9. The molecule has 0 bridgehead atoms. The molecule has 12 heteroatoms. The average molecular weight is 529 g/mol. The zero-order chi connectivity index (χ0) is 27.4. The van der Waals surface area contributed by atoms with E-state index in [0.29, 0.717) is 22.8 Å². The van der Waals surface area contributed by atoms with Gasteiger partial charge in [-0.1, -0.05) is 0 Å². The molecular weight excluding hydrogens is 501 g/mol. The largest absolute Gasteiger partial charge is 0.439 e. The number of rotatable bonds is 8. The van der Waals surface area contributed by atoms with E-state index >= 15 is 0 Å². The number of ether oxygens (including phenoxy) is 1. The van der Waals surface area contributed by atoms with Gasteiger partial charge in [0.05, 0.1) is 5.56 Å². The van der Waals surface area contributed by atoms with Crippen molar-refractivity contribution >= 4 is 34.8 Å². The number of carbonyl (C=O) groups is 2. The van der Waals surface area contributed by atoms with E-state index in [2.05, 4.69) is 31.2 Å². The summed E-state index contributed by atoms with van der Waals surface area (Å²) in [7, 11) is 0. The van der Waals surface area contributed by atoms with E-state index in [-0.39, 0.29) is 35.1 Å². The van der Waals surface area contributed by atoms with Crippen LogP contribution in [0.3, 0.4) is 0 Å². The van der Waals surface area contributed by atoms with Gasteiger partial charge in [-0.05, 0) is 75.6 Å². The summed E-state index contributed by atoms with van der Waals surface area (Å²) in [6, 6.07) is 8.86. The Morgan fingerprint density at radius 1 is 0.974 bits per heavy atom. The van der Waals surface area contributed by atoms with Crippen molar-refractivity contribution < 1.29 is 27.5 Å². The van der Waals surface area contributed by atoms with E-state index in [9.17, 15) is 22.8 Å². The molecule has 1 aliphatic carbocycles. The van der Waals surface area contributed by atoms with Crippen molar-refractivity contribution in [2.45, 2.75) is 45.8 Å². The van der Waals surface area contributed by atoms with Crippen molar-refractivity contribution in [3.8, 4) is 11.6 Å². The number of nitrogens with one attached hydrogen (secondary N) is 4. The topological polar surface area (TPSA) is 117 Å². The minimum absolute atomic E-state index is 0.00794. The fraction of sp³-hybridized carbons (Fsp3) is 0.308. The van der Waals surface area contributed by atoms with Crippen molar-refractivity contribution in [1.29, 1.82) is 0 Å². The monoisotopic (exact) mass is 528 g/mol. The summed E-state index contributed by atoms with van der Waals surface area (Å²) >= 11 is 0. The summed E-state index contributed by atoms with van der Waals surface area (Å²) in [6.07, 6.45) is -1.55. The highest BCUT2D eigenvalue weighted by Gasteiger charge is 2.32. The predicted molar refractivity (Wildman–Crippen MR) is 137 cm³/mol. The summed E-state index contributed by atoms with van der Waals surface area (Å²) < 4.78 is 45.8. The lowest BCUT2D eigenvalue weighted by atomic mass is 10.1. The van der Waals surface area contributed by atoms with Crippen molar-refractivity contribution in [2.24, 2.45) is 5.92 Å². The van der Waals surface area contributed by atoms with E-state index in [4.69, 9.17) is 4.74 Å². The lowest BCUT2D eigenvalue weighted by molar-refractivity contribution is -0.137. The Morgan fingerprint density at radius 3 is 2.37 bits per heavy atom. The van der Waals surface area contributed by atoms with E-state index < -0.39 is 17.8 Å². The number of hydrogen-bond acceptors (Lipinski definition) is 6. The second-order valence-electron chi connectivity index (χ2n) is 9.26. The van der Waals surface area contributed by atoms with Crippen LogP contribution in [0, 0.1) is 12.8 Å². The number of alkyl halides is 3. The molecule has 0 unspecified atom stereocenters. The minimum atomic E-state index is -4.57. The van der Waals surface area contributed by atoms with Crippen LogP contribution in [0.25, 0.3) is 0 Å². The fourth-order valence-electron chi connectivity index (χ4n) is 3.56. The van der Waals surface area contributed by atoms with Gasteiger partial charge in [0.25, 0.3) is 0 Å². The van der Waals surface area contributed by atoms with Crippen LogP contribution in [0.2, 0.25) is 0 Å². The van der Waals surface area contributed by atoms with Gasteiger partial charge in [0.15, 0.2) is 0 Å². The van der Waals surface area contributed by atoms with Gasteiger partial charge in [-0.25, -0.2) is 14.8 Å². The van der Waals surface area contributed by atoms with Crippen LogP contribution in [-0.2, 0) is 11.0 Å². The summed E-state index contributed by atoms with van der Waals surface area (Å²) in [4.78, 5) is 32.6. The number of nitrogens with zero attached hydrogens (tertiary/aromatic N) is 2. The maximum Gasteiger partial charge on any atom is 0.416 e. The highest BCUT2D eigenvalue weighted by Crippen LogP contribution is 2.34. The molecule has 9 nitrogen and oxygen atoms in total. The number of carbonyl (C=O) groups excluding carboxylic acids is 2. The molecule has 2 aromatic carbocycles. The summed E-state index contributed by atoms with van der Waals surface area (Å²) in [5.74, 6) is 0.923. The van der Waals surface area contributed by atoms with Crippen molar-refractivity contribution in [1.82, 2.24) is 9.97 Å². The second-order valence-corrected chi connectivity index (χ2v) is 9.26. The molecule has 1 saturated carbocycles. The number of hydrogen-bond donors (Lipinski definition) is 4. The van der Waals surface area contributed by atoms with Gasteiger partial charge in [0.2, 0.25) is 11.8 Å². The van der Waals surface area contributed by atoms with Gasteiger partial charge in [-0.2, -0.15) is 13.2 Å². The Morgan fingerprint density at radius 2 is 1.71 bits per heavy atom. The normalized spacial score (nSPS) is 13.1. The molecular formula is C26H27F3N6O3. The van der Waals surface area contributed by atoms with E-state index in [1.165, 1.54) is 18.5 Å². The summed E-state index contributed by atoms with van der Waals surface area (Å²) in [6.45, 7) is 5.33. The molecule has 1 aliphatic rings. The molecule has 4 N–H and O–H groups in total. The lowest BCUT2D eigenvalue weighted by Gasteiger charge is -2.16. The van der Waals surface area contributed by atoms with Gasteiger partial charge >= 0.3 is 12.2 Å². The summed E-state index contributed by atoms with van der Waals surface area (Å²) in [5, 5.41) is 10.7.